The fourth-order valence-corrected chi connectivity index (χ4v) is 7.35. The molecule has 230 valence electrons. The van der Waals surface area contributed by atoms with Gasteiger partial charge in [0.1, 0.15) is 0 Å². The minimum absolute atomic E-state index is 1.11. The molecule has 0 saturated carbocycles. The van der Waals surface area contributed by atoms with Gasteiger partial charge in [-0.15, -0.1) is 0 Å². The molecule has 0 saturated heterocycles. The molecule has 9 rings (SSSR count). The fourth-order valence-electron chi connectivity index (χ4n) is 7.35. The molecule has 0 aliphatic carbocycles. The Morgan fingerprint density at radius 1 is 0.265 bits per heavy atom. The third-order valence-corrected chi connectivity index (χ3v) is 9.65. The fraction of sp³-hybridized carbons (Fsp3) is 0. The Hall–Kier alpha value is -6.44. The first-order valence-electron chi connectivity index (χ1n) is 16.9. The van der Waals surface area contributed by atoms with Gasteiger partial charge in [0.15, 0.2) is 0 Å². The zero-order valence-electron chi connectivity index (χ0n) is 27.0. The van der Waals surface area contributed by atoms with Gasteiger partial charge in [0.2, 0.25) is 0 Å². The summed E-state index contributed by atoms with van der Waals surface area (Å²) in [6, 6.07) is 72.4. The van der Waals surface area contributed by atoms with Crippen molar-refractivity contribution in [3.8, 4) is 33.4 Å². The molecule has 0 aliphatic heterocycles. The van der Waals surface area contributed by atoms with Crippen LogP contribution in [-0.4, -0.2) is 0 Å². The molecule has 0 atom stereocenters. The first-order valence-corrected chi connectivity index (χ1v) is 16.9. The highest BCUT2D eigenvalue weighted by Crippen LogP contribution is 2.49. The van der Waals surface area contributed by atoms with Gasteiger partial charge in [0.05, 0.1) is 5.69 Å². The first-order chi connectivity index (χ1) is 24.3. The summed E-state index contributed by atoms with van der Waals surface area (Å²) in [6.45, 7) is 0. The van der Waals surface area contributed by atoms with Gasteiger partial charge in [-0.3, -0.25) is 0 Å². The van der Waals surface area contributed by atoms with Crippen molar-refractivity contribution < 1.29 is 0 Å². The van der Waals surface area contributed by atoms with E-state index in [1.165, 1.54) is 71.4 Å². The van der Waals surface area contributed by atoms with E-state index in [2.05, 4.69) is 205 Å². The summed E-state index contributed by atoms with van der Waals surface area (Å²) in [7, 11) is 0. The van der Waals surface area contributed by atoms with Crippen molar-refractivity contribution in [2.24, 2.45) is 0 Å². The van der Waals surface area contributed by atoms with Crippen molar-refractivity contribution in [2.75, 3.05) is 4.90 Å². The van der Waals surface area contributed by atoms with Crippen molar-refractivity contribution in [2.45, 2.75) is 0 Å². The minimum atomic E-state index is 1.11. The molecule has 0 radical (unpaired) electrons. The molecule has 49 heavy (non-hydrogen) atoms. The molecular formula is C48H33N. The van der Waals surface area contributed by atoms with Crippen LogP contribution in [0.3, 0.4) is 0 Å². The number of hydrogen-bond acceptors (Lipinski definition) is 1. The summed E-state index contributed by atoms with van der Waals surface area (Å²) in [6.07, 6.45) is 0. The molecule has 1 nitrogen and oxygen atoms in total. The first kappa shape index (κ1) is 28.8. The maximum atomic E-state index is 2.45. The lowest BCUT2D eigenvalue weighted by Crippen LogP contribution is -2.11. The normalized spacial score (nSPS) is 11.3. The van der Waals surface area contributed by atoms with E-state index in [9.17, 15) is 0 Å². The van der Waals surface area contributed by atoms with Gasteiger partial charge in [-0.05, 0) is 79.2 Å². The lowest BCUT2D eigenvalue weighted by atomic mass is 9.88. The van der Waals surface area contributed by atoms with Crippen molar-refractivity contribution >= 4 is 49.4 Å². The third kappa shape index (κ3) is 5.13. The van der Waals surface area contributed by atoms with Crippen LogP contribution in [0.25, 0.3) is 65.7 Å². The molecule has 9 aromatic carbocycles. The molecule has 1 heteroatoms. The number of hydrogen-bond donors (Lipinski definition) is 0. The van der Waals surface area contributed by atoms with Gasteiger partial charge in [-0.2, -0.15) is 0 Å². The van der Waals surface area contributed by atoms with E-state index in [1.807, 2.05) is 0 Å². The summed E-state index contributed by atoms with van der Waals surface area (Å²) in [5, 5.41) is 7.40. The monoisotopic (exact) mass is 623 g/mol. The predicted octanol–water partition coefficient (Wildman–Crippen LogP) is 13.6. The number of fused-ring (bicyclic) bond motifs is 3. The van der Waals surface area contributed by atoms with Crippen molar-refractivity contribution in [3.05, 3.63) is 200 Å². The van der Waals surface area contributed by atoms with Crippen molar-refractivity contribution in [1.29, 1.82) is 0 Å². The predicted molar refractivity (Wildman–Crippen MR) is 210 cm³/mol. The van der Waals surface area contributed by atoms with Crippen LogP contribution in [-0.2, 0) is 0 Å². The largest absolute Gasteiger partial charge is 0.309 e. The van der Waals surface area contributed by atoms with Crippen LogP contribution in [0.4, 0.5) is 17.1 Å². The highest BCUT2D eigenvalue weighted by molar-refractivity contribution is 6.24. The standard InChI is InChI=1S/C48H33N/c1-3-14-34(15-4-1)36-26-30-39(31-27-36)49(40-32-28-37(29-33-40)35-16-5-2-6-17-35)48-45-23-11-9-21-43(45)47(44-22-10-12-24-46(44)48)42-25-13-19-38-18-7-8-20-41(38)42/h1-33H. The van der Waals surface area contributed by atoms with E-state index >= 15 is 0 Å². The molecule has 0 fully saturated rings. The Bertz CT molecular complexity index is 2420. The number of anilines is 3. The smallest absolute Gasteiger partial charge is 0.0618 e. The van der Waals surface area contributed by atoms with Crippen LogP contribution in [0.2, 0.25) is 0 Å². The summed E-state index contributed by atoms with van der Waals surface area (Å²) in [5.74, 6) is 0. The second-order valence-corrected chi connectivity index (χ2v) is 12.5. The SMILES string of the molecule is c1ccc(-c2ccc(N(c3ccc(-c4ccccc4)cc3)c3c4ccccc4c(-c4cccc5ccccc45)c4ccccc34)cc2)cc1. The van der Waals surface area contributed by atoms with Crippen LogP contribution in [0.5, 0.6) is 0 Å². The molecule has 0 spiro atoms. The number of rotatable bonds is 6. The van der Waals surface area contributed by atoms with E-state index in [-0.39, 0.29) is 0 Å². The van der Waals surface area contributed by atoms with Crippen LogP contribution >= 0.6 is 0 Å². The minimum Gasteiger partial charge on any atom is -0.309 e. The van der Waals surface area contributed by atoms with Gasteiger partial charge in [0, 0.05) is 22.1 Å². The second kappa shape index (κ2) is 12.3. The zero-order valence-corrected chi connectivity index (χ0v) is 27.0. The molecule has 0 amide bonds. The van der Waals surface area contributed by atoms with E-state index in [4.69, 9.17) is 0 Å². The van der Waals surface area contributed by atoms with E-state index < -0.39 is 0 Å². The summed E-state index contributed by atoms with van der Waals surface area (Å²) in [5.41, 5.74) is 10.7. The highest BCUT2D eigenvalue weighted by atomic mass is 15.1. The molecule has 0 unspecified atom stereocenters. The van der Waals surface area contributed by atoms with Crippen molar-refractivity contribution in [3.63, 3.8) is 0 Å². The molecule has 0 aliphatic rings. The average molecular weight is 624 g/mol. The second-order valence-electron chi connectivity index (χ2n) is 12.5. The van der Waals surface area contributed by atoms with Gasteiger partial charge >= 0.3 is 0 Å². The number of benzene rings is 9. The summed E-state index contributed by atoms with van der Waals surface area (Å²) in [4.78, 5) is 2.45. The molecule has 9 aromatic rings. The average Bonchev–Trinajstić information content (AvgIpc) is 3.19. The highest BCUT2D eigenvalue weighted by Gasteiger charge is 2.23. The zero-order chi connectivity index (χ0) is 32.6. The topological polar surface area (TPSA) is 3.24 Å². The van der Waals surface area contributed by atoms with Crippen LogP contribution in [0.1, 0.15) is 0 Å². The van der Waals surface area contributed by atoms with Crippen LogP contribution < -0.4 is 4.90 Å². The molecule has 0 aromatic heterocycles. The quantitative estimate of drug-likeness (QED) is 0.167. The Morgan fingerprint density at radius 3 is 1.16 bits per heavy atom. The molecular weight excluding hydrogens is 591 g/mol. The van der Waals surface area contributed by atoms with Crippen LogP contribution in [0.15, 0.2) is 200 Å². The van der Waals surface area contributed by atoms with Crippen molar-refractivity contribution in [1.82, 2.24) is 0 Å². The summed E-state index contributed by atoms with van der Waals surface area (Å²) >= 11 is 0. The van der Waals surface area contributed by atoms with E-state index in [1.54, 1.807) is 0 Å². The molecule has 0 bridgehead atoms. The Labute approximate surface area is 287 Å². The Morgan fingerprint density at radius 2 is 0.653 bits per heavy atom. The van der Waals surface area contributed by atoms with Gasteiger partial charge in [0.25, 0.3) is 0 Å². The lowest BCUT2D eigenvalue weighted by molar-refractivity contribution is 1.31. The Balaban J connectivity index is 1.32. The van der Waals surface area contributed by atoms with E-state index in [0.717, 1.165) is 11.4 Å². The maximum Gasteiger partial charge on any atom is 0.0618 e. The van der Waals surface area contributed by atoms with E-state index in [0.29, 0.717) is 0 Å². The molecule has 0 N–H and O–H groups in total. The van der Waals surface area contributed by atoms with Gasteiger partial charge < -0.3 is 4.90 Å². The van der Waals surface area contributed by atoms with Gasteiger partial charge in [-0.1, -0.05) is 176 Å². The maximum absolute atomic E-state index is 2.45. The third-order valence-electron chi connectivity index (χ3n) is 9.65. The number of nitrogens with zero attached hydrogens (tertiary/aromatic N) is 1. The van der Waals surface area contributed by atoms with Gasteiger partial charge in [-0.25, -0.2) is 0 Å². The molecule has 0 heterocycles. The van der Waals surface area contributed by atoms with Crippen LogP contribution in [0, 0.1) is 0 Å². The lowest BCUT2D eigenvalue weighted by Gasteiger charge is -2.30. The Kier molecular flexibility index (Phi) is 7.22. The summed E-state index contributed by atoms with van der Waals surface area (Å²) < 4.78 is 0.